The van der Waals surface area contributed by atoms with Crippen LogP contribution in [-0.4, -0.2) is 13.3 Å². The SMILES string of the molecule is C=C(C)C(CC)CCC(CPC1=CCCCC1)C1CC(C2CC=C(F)CC2C)C=C(OC)C1C. The summed E-state index contributed by atoms with van der Waals surface area (Å²) >= 11 is 0. The molecule has 1 nitrogen and oxygen atoms in total. The van der Waals surface area contributed by atoms with Gasteiger partial charge in [-0.2, -0.15) is 0 Å². The topological polar surface area (TPSA) is 9.23 Å². The van der Waals surface area contributed by atoms with E-state index in [4.69, 9.17) is 4.74 Å². The highest BCUT2D eigenvalue weighted by Gasteiger charge is 2.39. The van der Waals surface area contributed by atoms with Gasteiger partial charge in [0, 0.05) is 12.3 Å². The summed E-state index contributed by atoms with van der Waals surface area (Å²) in [5, 5.41) is 1.73. The first-order valence-electron chi connectivity index (χ1n) is 14.0. The molecular formula is C31H50FOP. The fourth-order valence-electron chi connectivity index (χ4n) is 6.89. The van der Waals surface area contributed by atoms with E-state index >= 15 is 0 Å². The molecule has 0 N–H and O–H groups in total. The van der Waals surface area contributed by atoms with Crippen LogP contribution in [0.4, 0.5) is 4.39 Å². The molecule has 0 saturated carbocycles. The van der Waals surface area contributed by atoms with Crippen LogP contribution < -0.4 is 0 Å². The summed E-state index contributed by atoms with van der Waals surface area (Å²) in [6, 6.07) is 0. The Morgan fingerprint density at radius 1 is 1.24 bits per heavy atom. The van der Waals surface area contributed by atoms with Crippen LogP contribution in [0.15, 0.2) is 47.3 Å². The number of hydrogen-bond donors (Lipinski definition) is 0. The van der Waals surface area contributed by atoms with Gasteiger partial charge in [-0.3, -0.25) is 0 Å². The molecule has 34 heavy (non-hydrogen) atoms. The molecule has 0 heterocycles. The van der Waals surface area contributed by atoms with Gasteiger partial charge < -0.3 is 4.74 Å². The number of methoxy groups -OCH3 is 1. The highest BCUT2D eigenvalue weighted by molar-refractivity contribution is 7.43. The molecule has 0 saturated heterocycles. The Hall–Kier alpha value is -0.880. The van der Waals surface area contributed by atoms with Crippen LogP contribution in [0.1, 0.15) is 91.9 Å². The first kappa shape index (κ1) is 27.7. The molecule has 0 amide bonds. The van der Waals surface area contributed by atoms with Gasteiger partial charge in [-0.05, 0) is 112 Å². The molecule has 0 aromatic heterocycles. The summed E-state index contributed by atoms with van der Waals surface area (Å²) in [6.07, 6.45) is 19.9. The van der Waals surface area contributed by atoms with Crippen molar-refractivity contribution in [1.29, 1.82) is 0 Å². The van der Waals surface area contributed by atoms with Crippen LogP contribution in [-0.2, 0) is 4.74 Å². The van der Waals surface area contributed by atoms with Gasteiger partial charge >= 0.3 is 0 Å². The fourth-order valence-corrected chi connectivity index (χ4v) is 8.56. The van der Waals surface area contributed by atoms with Crippen LogP contribution >= 0.6 is 8.58 Å². The molecule has 192 valence electrons. The molecule has 0 aromatic carbocycles. The maximum atomic E-state index is 13.9. The third-order valence-electron chi connectivity index (χ3n) is 9.22. The summed E-state index contributed by atoms with van der Waals surface area (Å²) in [5.74, 6) is 5.17. The summed E-state index contributed by atoms with van der Waals surface area (Å²) in [7, 11) is 2.83. The maximum absolute atomic E-state index is 13.9. The minimum atomic E-state index is 0.0886. The average Bonchev–Trinajstić information content (AvgIpc) is 2.82. The van der Waals surface area contributed by atoms with E-state index in [0.717, 1.165) is 20.9 Å². The van der Waals surface area contributed by atoms with E-state index in [2.05, 4.69) is 46.4 Å². The molecule has 0 aromatic rings. The highest BCUT2D eigenvalue weighted by Crippen LogP contribution is 2.48. The van der Waals surface area contributed by atoms with E-state index in [9.17, 15) is 4.39 Å². The lowest BCUT2D eigenvalue weighted by molar-refractivity contribution is 0.107. The summed E-state index contributed by atoms with van der Waals surface area (Å²) < 4.78 is 19.9. The molecule has 0 radical (unpaired) electrons. The van der Waals surface area contributed by atoms with Crippen molar-refractivity contribution in [3.63, 3.8) is 0 Å². The Kier molecular flexibility index (Phi) is 10.9. The summed E-state index contributed by atoms with van der Waals surface area (Å²) in [5.41, 5.74) is 1.34. The molecule has 0 aliphatic heterocycles. The smallest absolute Gasteiger partial charge is 0.0962 e. The van der Waals surface area contributed by atoms with Crippen molar-refractivity contribution in [2.45, 2.75) is 91.9 Å². The van der Waals surface area contributed by atoms with Gasteiger partial charge in [0.1, 0.15) is 0 Å². The summed E-state index contributed by atoms with van der Waals surface area (Å²) in [4.78, 5) is 0. The molecule has 3 heteroatoms. The monoisotopic (exact) mass is 488 g/mol. The molecule has 3 rings (SSSR count). The van der Waals surface area contributed by atoms with E-state index in [1.54, 1.807) is 5.31 Å². The Bertz CT molecular complexity index is 765. The predicted molar refractivity (Wildman–Crippen MR) is 148 cm³/mol. The minimum Gasteiger partial charge on any atom is -0.501 e. The average molecular weight is 489 g/mol. The first-order valence-corrected chi connectivity index (χ1v) is 15.2. The largest absolute Gasteiger partial charge is 0.501 e. The highest BCUT2D eigenvalue weighted by atomic mass is 31.1. The van der Waals surface area contributed by atoms with E-state index in [0.29, 0.717) is 41.9 Å². The van der Waals surface area contributed by atoms with E-state index < -0.39 is 0 Å². The second kappa shape index (κ2) is 13.4. The first-order chi connectivity index (χ1) is 16.3. The molecule has 0 bridgehead atoms. The van der Waals surface area contributed by atoms with Crippen LogP contribution in [0.25, 0.3) is 0 Å². The van der Waals surface area contributed by atoms with Crippen molar-refractivity contribution in [2.24, 2.45) is 41.4 Å². The Morgan fingerprint density at radius 2 is 2.03 bits per heavy atom. The lowest BCUT2D eigenvalue weighted by atomic mass is 9.64. The van der Waals surface area contributed by atoms with Crippen LogP contribution in [0, 0.1) is 41.4 Å². The van der Waals surface area contributed by atoms with Gasteiger partial charge in [0.15, 0.2) is 0 Å². The molecular weight excluding hydrogens is 438 g/mol. The second-order valence-electron chi connectivity index (χ2n) is 11.5. The van der Waals surface area contributed by atoms with E-state index in [1.807, 2.05) is 13.2 Å². The van der Waals surface area contributed by atoms with Crippen LogP contribution in [0.3, 0.4) is 0 Å². The zero-order valence-electron chi connectivity index (χ0n) is 22.5. The van der Waals surface area contributed by atoms with Crippen molar-refractivity contribution in [3.05, 3.63) is 47.3 Å². The maximum Gasteiger partial charge on any atom is 0.0962 e. The fraction of sp³-hybridized carbons (Fsp3) is 0.742. The lowest BCUT2D eigenvalue weighted by Gasteiger charge is -2.43. The van der Waals surface area contributed by atoms with Crippen molar-refractivity contribution < 1.29 is 9.13 Å². The predicted octanol–water partition coefficient (Wildman–Crippen LogP) is 9.82. The molecule has 3 aliphatic carbocycles. The normalized spacial score (nSPS) is 32.1. The Morgan fingerprint density at radius 3 is 2.65 bits per heavy atom. The van der Waals surface area contributed by atoms with Crippen molar-refractivity contribution in [3.8, 4) is 0 Å². The third-order valence-corrected chi connectivity index (χ3v) is 10.9. The lowest BCUT2D eigenvalue weighted by Crippen LogP contribution is -2.35. The zero-order chi connectivity index (χ0) is 24.7. The van der Waals surface area contributed by atoms with Gasteiger partial charge in [0.2, 0.25) is 0 Å². The number of rotatable bonds is 11. The number of ether oxygens (including phenoxy) is 1. The second-order valence-corrected chi connectivity index (χ2v) is 12.9. The van der Waals surface area contributed by atoms with Gasteiger partial charge in [-0.25, -0.2) is 4.39 Å². The number of allylic oxidation sites excluding steroid dienone is 7. The van der Waals surface area contributed by atoms with Crippen LogP contribution in [0.5, 0.6) is 0 Å². The van der Waals surface area contributed by atoms with E-state index in [-0.39, 0.29) is 5.83 Å². The van der Waals surface area contributed by atoms with Crippen molar-refractivity contribution in [1.82, 2.24) is 0 Å². The minimum absolute atomic E-state index is 0.0886. The van der Waals surface area contributed by atoms with Crippen molar-refractivity contribution in [2.75, 3.05) is 13.3 Å². The van der Waals surface area contributed by atoms with Crippen LogP contribution in [0.2, 0.25) is 0 Å². The molecule has 3 aliphatic rings. The third kappa shape index (κ3) is 7.32. The van der Waals surface area contributed by atoms with Gasteiger partial charge in [-0.15, -0.1) is 0 Å². The van der Waals surface area contributed by atoms with Crippen molar-refractivity contribution >= 4 is 8.58 Å². The Labute approximate surface area is 211 Å². The van der Waals surface area contributed by atoms with Gasteiger partial charge in [0.25, 0.3) is 0 Å². The molecule has 0 spiro atoms. The Balaban J connectivity index is 1.80. The molecule has 8 unspecified atom stereocenters. The zero-order valence-corrected chi connectivity index (χ0v) is 23.5. The molecule has 8 atom stereocenters. The molecule has 0 fully saturated rings. The van der Waals surface area contributed by atoms with Gasteiger partial charge in [-0.1, -0.05) is 59.0 Å². The van der Waals surface area contributed by atoms with Gasteiger partial charge in [0.05, 0.1) is 18.7 Å². The number of hydrogen-bond acceptors (Lipinski definition) is 1. The number of halogens is 1. The van der Waals surface area contributed by atoms with E-state index in [1.165, 1.54) is 68.9 Å². The standard InChI is InChI=1S/C31H50FOP/c1-7-24(21(2)3)13-14-25(20-34-28-11-9-8-10-12-28)30-18-26(19-31(33-6)23(30)5)29-16-15-27(32)17-22(29)4/h11,15,19,22-26,29-30,34H,2,7-10,12-14,16-18,20H2,1,3-6H3. The summed E-state index contributed by atoms with van der Waals surface area (Å²) in [6.45, 7) is 13.5. The quantitative estimate of drug-likeness (QED) is 0.208.